The third-order valence-corrected chi connectivity index (χ3v) is 2.78. The van der Waals surface area contributed by atoms with E-state index in [1.54, 1.807) is 25.1 Å². The molecular formula is C13H12O4. The van der Waals surface area contributed by atoms with E-state index >= 15 is 0 Å². The molecule has 0 radical (unpaired) electrons. The van der Waals surface area contributed by atoms with Crippen molar-refractivity contribution in [3.8, 4) is 5.75 Å². The number of carboxylic acids is 1. The second-order valence-electron chi connectivity index (χ2n) is 3.92. The number of rotatable bonds is 2. The van der Waals surface area contributed by atoms with E-state index < -0.39 is 12.1 Å². The number of phenols is 1. The number of carboxylic acid groups (broad SMARTS) is 1. The zero-order chi connectivity index (χ0) is 12.6. The molecule has 0 spiro atoms. The van der Waals surface area contributed by atoms with E-state index in [9.17, 15) is 15.0 Å². The Hall–Kier alpha value is -2.07. The molecule has 88 valence electrons. The van der Waals surface area contributed by atoms with Crippen LogP contribution in [0.15, 0.2) is 30.3 Å². The van der Waals surface area contributed by atoms with Crippen LogP contribution in [0.4, 0.5) is 0 Å². The highest BCUT2D eigenvalue weighted by atomic mass is 16.4. The lowest BCUT2D eigenvalue weighted by Gasteiger charge is -2.14. The highest BCUT2D eigenvalue weighted by Gasteiger charge is 2.23. The first-order chi connectivity index (χ1) is 8.02. The molecule has 0 aliphatic heterocycles. The van der Waals surface area contributed by atoms with Gasteiger partial charge < -0.3 is 15.3 Å². The third-order valence-electron chi connectivity index (χ3n) is 2.78. The van der Waals surface area contributed by atoms with Crippen molar-refractivity contribution in [3.63, 3.8) is 0 Å². The molecule has 0 fully saturated rings. The molecule has 0 aliphatic carbocycles. The molecule has 3 N–H and O–H groups in total. The van der Waals surface area contributed by atoms with Crippen LogP contribution in [-0.2, 0) is 4.79 Å². The van der Waals surface area contributed by atoms with Gasteiger partial charge in [0.15, 0.2) is 6.10 Å². The first-order valence-corrected chi connectivity index (χ1v) is 5.14. The minimum Gasteiger partial charge on any atom is -0.507 e. The van der Waals surface area contributed by atoms with E-state index in [0.717, 1.165) is 5.39 Å². The molecule has 0 bridgehead atoms. The lowest BCUT2D eigenvalue weighted by Crippen LogP contribution is -2.12. The Labute approximate surface area is 97.8 Å². The van der Waals surface area contributed by atoms with E-state index in [-0.39, 0.29) is 11.3 Å². The maximum absolute atomic E-state index is 10.8. The molecule has 0 heterocycles. The number of phenolic OH excluding ortho intramolecular Hbond substituents is 1. The van der Waals surface area contributed by atoms with Crippen molar-refractivity contribution in [2.75, 3.05) is 0 Å². The molecule has 0 aromatic heterocycles. The van der Waals surface area contributed by atoms with E-state index in [2.05, 4.69) is 0 Å². The Bertz CT molecular complexity index is 589. The molecule has 0 saturated heterocycles. The second-order valence-corrected chi connectivity index (χ2v) is 3.92. The molecule has 17 heavy (non-hydrogen) atoms. The minimum absolute atomic E-state index is 0.0520. The van der Waals surface area contributed by atoms with Crippen molar-refractivity contribution in [2.45, 2.75) is 13.0 Å². The summed E-state index contributed by atoms with van der Waals surface area (Å²) in [4.78, 5) is 10.8. The number of aliphatic hydroxyl groups is 1. The number of hydrogen-bond donors (Lipinski definition) is 3. The number of carbonyl (C=O) groups is 1. The maximum atomic E-state index is 10.8. The standard InChI is InChI=1S/C13H12O4/c1-7-6-8-4-2-3-5-9(8)11(14)10(7)12(15)13(16)17/h2-6,12,14-15H,1H3,(H,16,17). The molecule has 0 saturated carbocycles. The average Bonchev–Trinajstić information content (AvgIpc) is 2.28. The Morgan fingerprint density at radius 1 is 1.29 bits per heavy atom. The number of aryl methyl sites for hydroxylation is 1. The first kappa shape index (κ1) is 11.4. The van der Waals surface area contributed by atoms with Crippen molar-refractivity contribution in [1.82, 2.24) is 0 Å². The van der Waals surface area contributed by atoms with Gasteiger partial charge in [-0.25, -0.2) is 4.79 Å². The average molecular weight is 232 g/mol. The molecule has 2 aromatic carbocycles. The summed E-state index contributed by atoms with van der Waals surface area (Å²) >= 11 is 0. The lowest BCUT2D eigenvalue weighted by molar-refractivity contribution is -0.147. The fourth-order valence-corrected chi connectivity index (χ4v) is 1.95. The zero-order valence-electron chi connectivity index (χ0n) is 9.21. The molecule has 2 rings (SSSR count). The van der Waals surface area contributed by atoms with Gasteiger partial charge in [0.05, 0.1) is 0 Å². The SMILES string of the molecule is Cc1cc2ccccc2c(O)c1C(O)C(=O)O. The van der Waals surface area contributed by atoms with Gasteiger partial charge in [0.1, 0.15) is 5.75 Å². The minimum atomic E-state index is -1.71. The van der Waals surface area contributed by atoms with Crippen molar-refractivity contribution in [2.24, 2.45) is 0 Å². The summed E-state index contributed by atoms with van der Waals surface area (Å²) in [5.74, 6) is -1.55. The number of aliphatic carboxylic acids is 1. The lowest BCUT2D eigenvalue weighted by atomic mass is 9.96. The van der Waals surface area contributed by atoms with E-state index in [4.69, 9.17) is 5.11 Å². The molecule has 2 aromatic rings. The molecule has 0 aliphatic rings. The maximum Gasteiger partial charge on any atom is 0.337 e. The van der Waals surface area contributed by atoms with Gasteiger partial charge >= 0.3 is 5.97 Å². The molecule has 1 atom stereocenters. The number of benzene rings is 2. The van der Waals surface area contributed by atoms with Crippen LogP contribution in [0, 0.1) is 6.92 Å². The fourth-order valence-electron chi connectivity index (χ4n) is 1.95. The molecule has 4 nitrogen and oxygen atoms in total. The van der Waals surface area contributed by atoms with Gasteiger partial charge in [-0.05, 0) is 17.9 Å². The first-order valence-electron chi connectivity index (χ1n) is 5.14. The van der Waals surface area contributed by atoms with Crippen LogP contribution in [-0.4, -0.2) is 21.3 Å². The summed E-state index contributed by atoms with van der Waals surface area (Å²) in [7, 11) is 0. The monoisotopic (exact) mass is 232 g/mol. The second kappa shape index (κ2) is 4.07. The predicted octanol–water partition coefficient (Wildman–Crippen LogP) is 1.97. The van der Waals surface area contributed by atoms with Gasteiger partial charge in [-0.1, -0.05) is 30.3 Å². The number of fused-ring (bicyclic) bond motifs is 1. The summed E-state index contributed by atoms with van der Waals surface area (Å²) in [6.07, 6.45) is -1.71. The summed E-state index contributed by atoms with van der Waals surface area (Å²) in [6.45, 7) is 1.66. The van der Waals surface area contributed by atoms with Gasteiger partial charge in [0.2, 0.25) is 0 Å². The molecule has 4 heteroatoms. The van der Waals surface area contributed by atoms with Crippen molar-refractivity contribution in [1.29, 1.82) is 0 Å². The van der Waals surface area contributed by atoms with Crippen molar-refractivity contribution >= 4 is 16.7 Å². The summed E-state index contributed by atoms with van der Waals surface area (Å²) in [6, 6.07) is 8.82. The van der Waals surface area contributed by atoms with Crippen molar-refractivity contribution < 1.29 is 20.1 Å². The van der Waals surface area contributed by atoms with E-state index in [0.29, 0.717) is 10.9 Å². The van der Waals surface area contributed by atoms with Crippen LogP contribution in [0.2, 0.25) is 0 Å². The van der Waals surface area contributed by atoms with Gasteiger partial charge in [-0.2, -0.15) is 0 Å². The Balaban J connectivity index is 2.76. The van der Waals surface area contributed by atoms with Crippen LogP contribution in [0.3, 0.4) is 0 Å². The third kappa shape index (κ3) is 1.83. The highest BCUT2D eigenvalue weighted by molar-refractivity contribution is 5.92. The van der Waals surface area contributed by atoms with Gasteiger partial charge in [-0.3, -0.25) is 0 Å². The molecule has 1 unspecified atom stereocenters. The molecular weight excluding hydrogens is 220 g/mol. The Morgan fingerprint density at radius 3 is 2.59 bits per heavy atom. The number of aliphatic hydroxyl groups excluding tert-OH is 1. The summed E-state index contributed by atoms with van der Waals surface area (Å²) in [5.41, 5.74) is 0.604. The number of hydrogen-bond acceptors (Lipinski definition) is 3. The van der Waals surface area contributed by atoms with Crippen molar-refractivity contribution in [3.05, 3.63) is 41.5 Å². The Kier molecular flexibility index (Phi) is 2.73. The highest BCUT2D eigenvalue weighted by Crippen LogP contribution is 2.35. The quantitative estimate of drug-likeness (QED) is 0.739. The normalized spacial score (nSPS) is 12.6. The van der Waals surface area contributed by atoms with Gasteiger partial charge in [-0.15, -0.1) is 0 Å². The fraction of sp³-hybridized carbons (Fsp3) is 0.154. The topological polar surface area (TPSA) is 77.8 Å². The van der Waals surface area contributed by atoms with Crippen LogP contribution in [0.1, 0.15) is 17.2 Å². The predicted molar refractivity (Wildman–Crippen MR) is 62.9 cm³/mol. The van der Waals surface area contributed by atoms with Crippen LogP contribution < -0.4 is 0 Å². The Morgan fingerprint density at radius 2 is 1.94 bits per heavy atom. The summed E-state index contributed by atoms with van der Waals surface area (Å²) in [5, 5.41) is 29.7. The summed E-state index contributed by atoms with van der Waals surface area (Å²) < 4.78 is 0. The van der Waals surface area contributed by atoms with Gasteiger partial charge in [0, 0.05) is 10.9 Å². The van der Waals surface area contributed by atoms with Crippen LogP contribution >= 0.6 is 0 Å². The zero-order valence-corrected chi connectivity index (χ0v) is 9.21. The molecule has 0 amide bonds. The van der Waals surface area contributed by atoms with Crippen LogP contribution in [0.5, 0.6) is 5.75 Å². The van der Waals surface area contributed by atoms with E-state index in [1.165, 1.54) is 0 Å². The smallest absolute Gasteiger partial charge is 0.337 e. The number of aromatic hydroxyl groups is 1. The van der Waals surface area contributed by atoms with Gasteiger partial charge in [0.25, 0.3) is 0 Å². The van der Waals surface area contributed by atoms with E-state index in [1.807, 2.05) is 12.1 Å². The van der Waals surface area contributed by atoms with Crippen LogP contribution in [0.25, 0.3) is 10.8 Å². The largest absolute Gasteiger partial charge is 0.507 e.